The molecular weight excluding hydrogens is 502 g/mol. The van der Waals surface area contributed by atoms with Crippen LogP contribution in [0.15, 0.2) is 35.3 Å². The Morgan fingerprint density at radius 2 is 1.76 bits per heavy atom. The van der Waals surface area contributed by atoms with E-state index in [4.69, 9.17) is 4.74 Å². The summed E-state index contributed by atoms with van der Waals surface area (Å²) in [6.45, 7) is 8.08. The van der Waals surface area contributed by atoms with E-state index in [-0.39, 0.29) is 31.1 Å². The maximum atomic E-state index is 13.8. The van der Waals surface area contributed by atoms with Crippen LogP contribution in [0.4, 0.5) is 14.5 Å². The van der Waals surface area contributed by atoms with Crippen molar-refractivity contribution in [3.05, 3.63) is 46.6 Å². The fourth-order valence-electron chi connectivity index (χ4n) is 4.24. The Morgan fingerprint density at radius 3 is 2.38 bits per heavy atom. The zero-order chi connectivity index (χ0) is 27.2. The number of benzene rings is 1. The van der Waals surface area contributed by atoms with Crippen LogP contribution < -0.4 is 15.2 Å². The summed E-state index contributed by atoms with van der Waals surface area (Å²) in [6, 6.07) is 5.60. The molecule has 0 spiro atoms. The topological polar surface area (TPSA) is 84.7 Å². The molecule has 1 aliphatic heterocycles. The minimum atomic E-state index is -3.37. The Labute approximate surface area is 218 Å². The van der Waals surface area contributed by atoms with Crippen LogP contribution >= 0.6 is 0 Å². The predicted octanol–water partition coefficient (Wildman–Crippen LogP) is 4.31. The Kier molecular flexibility index (Phi) is 9.68. The molecule has 11 heteroatoms. The van der Waals surface area contributed by atoms with Gasteiger partial charge in [-0.2, -0.15) is 14.1 Å². The van der Waals surface area contributed by atoms with Gasteiger partial charge in [0.25, 0.3) is 0 Å². The predicted molar refractivity (Wildman–Crippen MR) is 141 cm³/mol. The minimum absolute atomic E-state index is 0.101. The van der Waals surface area contributed by atoms with Crippen LogP contribution in [0.25, 0.3) is 5.69 Å². The van der Waals surface area contributed by atoms with E-state index in [0.717, 1.165) is 23.9 Å². The number of sulfonamides is 1. The van der Waals surface area contributed by atoms with Crippen molar-refractivity contribution < 1.29 is 21.9 Å². The Bertz CT molecular complexity index is 1200. The molecule has 2 heterocycles. The highest BCUT2D eigenvalue weighted by molar-refractivity contribution is 7.89. The molecule has 1 saturated heterocycles. The summed E-state index contributed by atoms with van der Waals surface area (Å²) in [4.78, 5) is 15.3. The Balaban J connectivity index is 1.77. The van der Waals surface area contributed by atoms with E-state index in [2.05, 4.69) is 5.10 Å². The molecule has 1 aromatic heterocycles. The van der Waals surface area contributed by atoms with Gasteiger partial charge in [0.05, 0.1) is 23.7 Å². The van der Waals surface area contributed by atoms with Crippen molar-refractivity contribution in [3.8, 4) is 11.4 Å². The molecule has 1 aromatic carbocycles. The van der Waals surface area contributed by atoms with Crippen molar-refractivity contribution in [1.29, 1.82) is 0 Å². The third kappa shape index (κ3) is 7.73. The van der Waals surface area contributed by atoms with Gasteiger partial charge in [-0.05, 0) is 58.7 Å². The number of halogens is 2. The number of ether oxygens (including phenoxy) is 1. The van der Waals surface area contributed by atoms with Gasteiger partial charge in [0.1, 0.15) is 17.2 Å². The number of hydrogen-bond acceptors (Lipinski definition) is 6. The molecular formula is C26H38F2N4O4S. The van der Waals surface area contributed by atoms with Crippen molar-refractivity contribution in [3.63, 3.8) is 0 Å². The quantitative estimate of drug-likeness (QED) is 0.373. The van der Waals surface area contributed by atoms with Gasteiger partial charge in [-0.25, -0.2) is 17.2 Å². The molecule has 0 bridgehead atoms. The van der Waals surface area contributed by atoms with E-state index in [0.29, 0.717) is 31.6 Å². The zero-order valence-electron chi connectivity index (χ0n) is 22.1. The molecule has 3 rings (SSSR count). The average Bonchev–Trinajstić information content (AvgIpc) is 2.83. The van der Waals surface area contributed by atoms with Crippen molar-refractivity contribution in [2.24, 2.45) is 0 Å². The smallest absolute Gasteiger partial charge is 0.316 e. The summed E-state index contributed by atoms with van der Waals surface area (Å²) in [5.41, 5.74) is -0.927. The van der Waals surface area contributed by atoms with Crippen LogP contribution in [0.3, 0.4) is 0 Å². The Hall–Kier alpha value is -2.53. The van der Waals surface area contributed by atoms with Crippen LogP contribution in [-0.4, -0.2) is 66.2 Å². The lowest BCUT2D eigenvalue weighted by atomic mass is 10.0. The van der Waals surface area contributed by atoms with E-state index in [1.54, 1.807) is 33.8 Å². The summed E-state index contributed by atoms with van der Waals surface area (Å²) in [6.07, 6.45) is 5.17. The largest absolute Gasteiger partial charge is 0.486 e. The molecule has 1 fully saturated rings. The molecule has 2 aromatic rings. The number of unbranched alkanes of at least 4 members (excludes halogenated alkanes) is 3. The van der Waals surface area contributed by atoms with Crippen LogP contribution in [0.5, 0.6) is 5.75 Å². The van der Waals surface area contributed by atoms with Crippen LogP contribution in [0.2, 0.25) is 0 Å². The molecule has 1 aliphatic rings. The van der Waals surface area contributed by atoms with Crippen molar-refractivity contribution in [1.82, 2.24) is 14.1 Å². The summed E-state index contributed by atoms with van der Waals surface area (Å²) < 4.78 is 61.1. The van der Waals surface area contributed by atoms with E-state index in [1.807, 2.05) is 4.90 Å². The maximum absolute atomic E-state index is 13.8. The first-order valence-electron chi connectivity index (χ1n) is 12.8. The molecule has 206 valence electrons. The minimum Gasteiger partial charge on any atom is -0.486 e. The fraction of sp³-hybridized carbons (Fsp3) is 0.615. The number of piperazine rings is 1. The first-order chi connectivity index (χ1) is 17.4. The molecule has 0 saturated carbocycles. The van der Waals surface area contributed by atoms with Crippen LogP contribution in [-0.2, 0) is 10.0 Å². The number of rotatable bonds is 12. The lowest BCUT2D eigenvalue weighted by molar-refractivity contribution is 0.194. The third-order valence-corrected chi connectivity index (χ3v) is 8.69. The lowest BCUT2D eigenvalue weighted by Gasteiger charge is -2.36. The second-order valence-corrected chi connectivity index (χ2v) is 12.8. The van der Waals surface area contributed by atoms with E-state index in [1.165, 1.54) is 28.7 Å². The first-order valence-corrected chi connectivity index (χ1v) is 14.3. The number of hydrogen-bond donors (Lipinski definition) is 0. The summed E-state index contributed by atoms with van der Waals surface area (Å²) in [5, 5.41) is 3.75. The van der Waals surface area contributed by atoms with E-state index in [9.17, 15) is 22.0 Å². The normalized spacial score (nSPS) is 15.4. The van der Waals surface area contributed by atoms with Crippen molar-refractivity contribution in [2.75, 3.05) is 37.7 Å². The van der Waals surface area contributed by atoms with Gasteiger partial charge in [-0.1, -0.05) is 25.3 Å². The van der Waals surface area contributed by atoms with Crippen molar-refractivity contribution in [2.45, 2.75) is 70.7 Å². The summed E-state index contributed by atoms with van der Waals surface area (Å²) >= 11 is 0. The molecule has 0 atom stereocenters. The molecule has 37 heavy (non-hydrogen) atoms. The number of aromatic nitrogens is 2. The average molecular weight is 541 g/mol. The highest BCUT2D eigenvalue weighted by atomic mass is 32.2. The van der Waals surface area contributed by atoms with Gasteiger partial charge in [0.15, 0.2) is 0 Å². The van der Waals surface area contributed by atoms with Gasteiger partial charge >= 0.3 is 5.56 Å². The van der Waals surface area contributed by atoms with Crippen molar-refractivity contribution >= 4 is 15.7 Å². The van der Waals surface area contributed by atoms with Gasteiger partial charge in [0.2, 0.25) is 15.8 Å². The van der Waals surface area contributed by atoms with Gasteiger partial charge < -0.3 is 9.64 Å². The van der Waals surface area contributed by atoms with E-state index >= 15 is 0 Å². The molecule has 0 N–H and O–H groups in total. The standard InChI is InChI=1S/C26H38F2N4O4S/c1-20(2)37(34,35)31-15-13-30(14-16-31)23-19-29-32(22-11-9-10-21(27)18-22)25(33)24(23)36-17-8-6-5-7-12-26(3,4)28/h9-11,18-20H,5-8,12-17H2,1-4H3. The summed E-state index contributed by atoms with van der Waals surface area (Å²) in [7, 11) is -3.37. The molecule has 0 radical (unpaired) electrons. The number of anilines is 1. The lowest BCUT2D eigenvalue weighted by Crippen LogP contribution is -2.50. The summed E-state index contributed by atoms with van der Waals surface area (Å²) in [5.74, 6) is -0.388. The second-order valence-electron chi connectivity index (χ2n) is 10.3. The van der Waals surface area contributed by atoms with Gasteiger partial charge in [-0.15, -0.1) is 0 Å². The van der Waals surface area contributed by atoms with Gasteiger partial charge in [0, 0.05) is 26.2 Å². The molecule has 0 unspecified atom stereocenters. The fourth-order valence-corrected chi connectivity index (χ4v) is 5.51. The monoisotopic (exact) mass is 540 g/mol. The molecule has 0 aliphatic carbocycles. The number of alkyl halides is 1. The Morgan fingerprint density at radius 1 is 1.08 bits per heavy atom. The molecule has 0 amide bonds. The number of nitrogens with zero attached hydrogens (tertiary/aromatic N) is 4. The van der Waals surface area contributed by atoms with Crippen LogP contribution in [0, 0.1) is 5.82 Å². The SMILES string of the molecule is CC(C)S(=O)(=O)N1CCN(c2cnn(-c3cccc(F)c3)c(=O)c2OCCCCCCC(C)(C)F)CC1. The maximum Gasteiger partial charge on any atom is 0.316 e. The first kappa shape index (κ1) is 29.0. The zero-order valence-corrected chi connectivity index (χ0v) is 22.9. The second kappa shape index (κ2) is 12.3. The highest BCUT2D eigenvalue weighted by Gasteiger charge is 2.31. The molecule has 8 nitrogen and oxygen atoms in total. The highest BCUT2D eigenvalue weighted by Crippen LogP contribution is 2.27. The van der Waals surface area contributed by atoms with Crippen LogP contribution in [0.1, 0.15) is 59.8 Å². The van der Waals surface area contributed by atoms with Gasteiger partial charge in [-0.3, -0.25) is 4.79 Å². The van der Waals surface area contributed by atoms with E-state index < -0.39 is 32.3 Å². The third-order valence-electron chi connectivity index (χ3n) is 6.41.